The molecule has 0 aromatic carbocycles. The van der Waals surface area contributed by atoms with Gasteiger partial charge in [0.05, 0.1) is 27.7 Å². The third kappa shape index (κ3) is 44.1. The van der Waals surface area contributed by atoms with Crippen molar-refractivity contribution in [2.45, 2.75) is 225 Å². The smallest absolute Gasteiger partial charge is 0.462 e. The van der Waals surface area contributed by atoms with Gasteiger partial charge in [-0.15, -0.1) is 0 Å². The molecule has 0 aliphatic carbocycles. The summed E-state index contributed by atoms with van der Waals surface area (Å²) in [6.07, 6.45) is 45.1. The molecule has 0 radical (unpaired) electrons. The summed E-state index contributed by atoms with van der Waals surface area (Å²) < 4.78 is 34.4. The molecule has 10 heteroatoms. The lowest BCUT2D eigenvalue weighted by Gasteiger charge is -2.24. The molecule has 2 atom stereocenters. The number of esters is 2. The number of phosphoric acid groups is 1. The lowest BCUT2D eigenvalue weighted by Crippen LogP contribution is -2.37. The van der Waals surface area contributed by atoms with Gasteiger partial charge in [-0.05, 0) is 64.2 Å². The maximum Gasteiger partial charge on any atom is 0.472 e. The molecule has 0 amide bonds. The highest BCUT2D eigenvalue weighted by atomic mass is 31.2. The Bertz CT molecular complexity index is 1040. The van der Waals surface area contributed by atoms with Crippen molar-refractivity contribution in [3.05, 3.63) is 24.3 Å². The van der Waals surface area contributed by atoms with Crippen molar-refractivity contribution >= 4 is 19.8 Å². The fourth-order valence-corrected chi connectivity index (χ4v) is 7.39. The standard InChI is InChI=1S/C48H92NO8P/c1-6-8-10-12-14-16-18-20-22-23-24-25-27-29-31-33-35-37-39-41-48(51)57-46(45-56-58(52,53)55-43-42-49(3,4)5)44-54-47(50)40-38-36-34-32-30-28-26-21-19-17-15-13-11-9-7-2/h20-22,26,46H,6-19,23-25,27-45H2,1-5H3/p+1/b22-20-,26-21-. The predicted octanol–water partition coefficient (Wildman–Crippen LogP) is 13.9. The Morgan fingerprint density at radius 1 is 0.517 bits per heavy atom. The average Bonchev–Trinajstić information content (AvgIpc) is 3.17. The van der Waals surface area contributed by atoms with E-state index in [4.69, 9.17) is 18.5 Å². The highest BCUT2D eigenvalue weighted by molar-refractivity contribution is 7.47. The minimum atomic E-state index is -4.38. The number of phosphoric ester groups is 1. The van der Waals surface area contributed by atoms with Crippen LogP contribution in [0.4, 0.5) is 0 Å². The summed E-state index contributed by atoms with van der Waals surface area (Å²) >= 11 is 0. The SMILES string of the molecule is CCCCCCCC/C=C\CCCCCCCCCCCC(=O)OC(COC(=O)CCCCCCC/C=C\CCCCCCCC)COP(=O)(O)OCC[N+](C)(C)C. The van der Waals surface area contributed by atoms with Gasteiger partial charge >= 0.3 is 19.8 Å². The zero-order valence-electron chi connectivity index (χ0n) is 38.5. The van der Waals surface area contributed by atoms with Crippen molar-refractivity contribution < 1.29 is 42.1 Å². The van der Waals surface area contributed by atoms with Crippen molar-refractivity contribution in [2.24, 2.45) is 0 Å². The van der Waals surface area contributed by atoms with Crippen LogP contribution in [0, 0.1) is 0 Å². The number of hydrogen-bond donors (Lipinski definition) is 1. The van der Waals surface area contributed by atoms with E-state index in [2.05, 4.69) is 38.2 Å². The highest BCUT2D eigenvalue weighted by Gasteiger charge is 2.27. The molecule has 58 heavy (non-hydrogen) atoms. The summed E-state index contributed by atoms with van der Waals surface area (Å²) in [4.78, 5) is 35.4. The predicted molar refractivity (Wildman–Crippen MR) is 243 cm³/mol. The van der Waals surface area contributed by atoms with Crippen LogP contribution >= 0.6 is 7.82 Å². The number of rotatable bonds is 44. The zero-order valence-corrected chi connectivity index (χ0v) is 39.4. The van der Waals surface area contributed by atoms with Crippen LogP contribution in [0.5, 0.6) is 0 Å². The van der Waals surface area contributed by atoms with Gasteiger partial charge in [-0.25, -0.2) is 4.57 Å². The Balaban J connectivity index is 4.29. The molecule has 0 bridgehead atoms. The summed E-state index contributed by atoms with van der Waals surface area (Å²) in [5, 5.41) is 0. The number of unbranched alkanes of at least 4 members (excludes halogenated alkanes) is 26. The van der Waals surface area contributed by atoms with Crippen molar-refractivity contribution in [1.82, 2.24) is 0 Å². The van der Waals surface area contributed by atoms with Gasteiger partial charge in [0, 0.05) is 12.8 Å². The number of quaternary nitrogens is 1. The second-order valence-electron chi connectivity index (χ2n) is 17.5. The fraction of sp³-hybridized carbons (Fsp3) is 0.875. The van der Waals surface area contributed by atoms with Crippen LogP contribution in [0.15, 0.2) is 24.3 Å². The number of ether oxygens (including phenoxy) is 2. The number of carbonyl (C=O) groups is 2. The molecule has 0 rings (SSSR count). The molecule has 0 aliphatic heterocycles. The molecule has 2 unspecified atom stereocenters. The molecular weight excluding hydrogens is 750 g/mol. The normalized spacial score (nSPS) is 13.7. The van der Waals surface area contributed by atoms with Crippen LogP contribution in [0.2, 0.25) is 0 Å². The van der Waals surface area contributed by atoms with Gasteiger partial charge < -0.3 is 18.9 Å². The van der Waals surface area contributed by atoms with E-state index in [1.807, 2.05) is 21.1 Å². The van der Waals surface area contributed by atoms with E-state index in [0.29, 0.717) is 17.4 Å². The van der Waals surface area contributed by atoms with Gasteiger partial charge in [0.2, 0.25) is 0 Å². The number of nitrogens with zero attached hydrogens (tertiary/aromatic N) is 1. The molecule has 342 valence electrons. The number of carbonyl (C=O) groups excluding carboxylic acids is 2. The molecule has 0 aromatic heterocycles. The number of allylic oxidation sites excluding steroid dienone is 4. The molecule has 0 fully saturated rings. The van der Waals surface area contributed by atoms with Crippen LogP contribution < -0.4 is 0 Å². The molecule has 1 N–H and O–H groups in total. The first kappa shape index (κ1) is 56.5. The second-order valence-corrected chi connectivity index (χ2v) is 18.9. The Morgan fingerprint density at radius 3 is 1.28 bits per heavy atom. The zero-order chi connectivity index (χ0) is 42.8. The van der Waals surface area contributed by atoms with Crippen molar-refractivity contribution in [3.8, 4) is 0 Å². The lowest BCUT2D eigenvalue weighted by molar-refractivity contribution is -0.870. The van der Waals surface area contributed by atoms with Crippen LogP contribution in [0.25, 0.3) is 0 Å². The van der Waals surface area contributed by atoms with E-state index in [0.717, 1.165) is 57.8 Å². The van der Waals surface area contributed by atoms with E-state index < -0.39 is 26.5 Å². The second kappa shape index (κ2) is 40.9. The first-order valence-electron chi connectivity index (χ1n) is 24.1. The Morgan fingerprint density at radius 2 is 0.879 bits per heavy atom. The molecule has 0 saturated heterocycles. The topological polar surface area (TPSA) is 108 Å². The van der Waals surface area contributed by atoms with E-state index in [1.54, 1.807) is 0 Å². The van der Waals surface area contributed by atoms with Crippen LogP contribution in [0.3, 0.4) is 0 Å². The summed E-state index contributed by atoms with van der Waals surface area (Å²) in [6.45, 7) is 4.42. The fourth-order valence-electron chi connectivity index (χ4n) is 6.65. The summed E-state index contributed by atoms with van der Waals surface area (Å²) in [5.74, 6) is -0.803. The maximum absolute atomic E-state index is 12.7. The minimum absolute atomic E-state index is 0.0314. The van der Waals surface area contributed by atoms with Crippen LogP contribution in [-0.2, 0) is 32.7 Å². The summed E-state index contributed by atoms with van der Waals surface area (Å²) in [7, 11) is 1.48. The molecule has 9 nitrogen and oxygen atoms in total. The minimum Gasteiger partial charge on any atom is -0.462 e. The first-order valence-corrected chi connectivity index (χ1v) is 25.6. The van der Waals surface area contributed by atoms with Crippen molar-refractivity contribution in [1.29, 1.82) is 0 Å². The van der Waals surface area contributed by atoms with Crippen LogP contribution in [0.1, 0.15) is 219 Å². The molecule has 0 spiro atoms. The lowest BCUT2D eigenvalue weighted by atomic mass is 10.1. The molecular formula is C48H93NO8P+. The van der Waals surface area contributed by atoms with Gasteiger partial charge in [-0.2, -0.15) is 0 Å². The van der Waals surface area contributed by atoms with Crippen molar-refractivity contribution in [2.75, 3.05) is 47.5 Å². The maximum atomic E-state index is 12.7. The van der Waals surface area contributed by atoms with Gasteiger partial charge in [0.25, 0.3) is 0 Å². The monoisotopic (exact) mass is 843 g/mol. The Hall–Kier alpha value is -1.51. The van der Waals surface area contributed by atoms with Crippen LogP contribution in [-0.4, -0.2) is 74.9 Å². The van der Waals surface area contributed by atoms with E-state index in [9.17, 15) is 19.0 Å². The average molecular weight is 843 g/mol. The third-order valence-corrected chi connectivity index (χ3v) is 11.4. The molecule has 0 saturated carbocycles. The van der Waals surface area contributed by atoms with Gasteiger partial charge in [-0.1, -0.05) is 167 Å². The molecule has 0 heterocycles. The highest BCUT2D eigenvalue weighted by Crippen LogP contribution is 2.43. The Kier molecular flexibility index (Phi) is 39.8. The van der Waals surface area contributed by atoms with E-state index in [1.165, 1.54) is 128 Å². The third-order valence-electron chi connectivity index (χ3n) is 10.5. The summed E-state index contributed by atoms with van der Waals surface area (Å²) in [6, 6.07) is 0. The molecule has 0 aromatic rings. The van der Waals surface area contributed by atoms with Crippen molar-refractivity contribution in [3.63, 3.8) is 0 Å². The molecule has 0 aliphatic rings. The van der Waals surface area contributed by atoms with E-state index >= 15 is 0 Å². The first-order chi connectivity index (χ1) is 28.0. The van der Waals surface area contributed by atoms with Gasteiger partial charge in [0.15, 0.2) is 6.10 Å². The number of likely N-dealkylation sites (N-methyl/N-ethyl adjacent to an activating group) is 1. The largest absolute Gasteiger partial charge is 0.472 e. The quantitative estimate of drug-likeness (QED) is 0.0212. The summed E-state index contributed by atoms with van der Waals surface area (Å²) in [5.41, 5.74) is 0. The Labute approximate surface area is 358 Å². The number of hydrogen-bond acceptors (Lipinski definition) is 7. The van der Waals surface area contributed by atoms with Gasteiger partial charge in [-0.3, -0.25) is 18.6 Å². The van der Waals surface area contributed by atoms with Gasteiger partial charge in [0.1, 0.15) is 19.8 Å². The van der Waals surface area contributed by atoms with E-state index in [-0.39, 0.29) is 32.0 Å².